The molecule has 1 aliphatic carbocycles. The largest absolute Gasteiger partial charge is 0.276 e. The number of carbonyl (C=O) groups is 1. The highest BCUT2D eigenvalue weighted by Gasteiger charge is 2.44. The van der Waals surface area contributed by atoms with E-state index in [1.807, 2.05) is 6.08 Å². The summed E-state index contributed by atoms with van der Waals surface area (Å²) >= 11 is 6.28. The number of benzene rings is 3. The molecule has 0 saturated heterocycles. The Balaban J connectivity index is 1.60. The first kappa shape index (κ1) is 23.8. The number of nitro groups is 1. The van der Waals surface area contributed by atoms with Crippen molar-refractivity contribution >= 4 is 35.0 Å². The van der Waals surface area contributed by atoms with Crippen LogP contribution in [0, 0.1) is 27.7 Å². The monoisotopic (exact) mass is 507 g/mol. The van der Waals surface area contributed by atoms with Crippen molar-refractivity contribution in [3.05, 3.63) is 116 Å². The van der Waals surface area contributed by atoms with Crippen LogP contribution in [0.5, 0.6) is 0 Å². The van der Waals surface area contributed by atoms with E-state index in [1.165, 1.54) is 41.4 Å². The maximum absolute atomic E-state index is 13.7. The lowest BCUT2D eigenvalue weighted by Crippen LogP contribution is -2.32. The van der Waals surface area contributed by atoms with Crippen molar-refractivity contribution in [3.8, 4) is 0 Å². The van der Waals surface area contributed by atoms with Crippen LogP contribution in [0.1, 0.15) is 46.8 Å². The molecular weight excluding hydrogens is 488 g/mol. The summed E-state index contributed by atoms with van der Waals surface area (Å²) in [6, 6.07) is 15.1. The lowest BCUT2D eigenvalue weighted by Gasteiger charge is -2.29. The minimum Gasteiger partial charge on any atom is -0.267 e. The Morgan fingerprint density at radius 2 is 1.72 bits per heavy atom. The van der Waals surface area contributed by atoms with Gasteiger partial charge in [-0.15, -0.1) is 0 Å². The normalized spacial score (nSPS) is 20.2. The third-order valence-corrected chi connectivity index (χ3v) is 6.85. The summed E-state index contributed by atoms with van der Waals surface area (Å²) in [6.07, 6.45) is 4.24. The topological polar surface area (TPSA) is 75.8 Å². The van der Waals surface area contributed by atoms with Crippen molar-refractivity contribution in [2.75, 3.05) is 0 Å². The van der Waals surface area contributed by atoms with E-state index in [9.17, 15) is 23.7 Å². The smallest absolute Gasteiger partial charge is 0.267 e. The Morgan fingerprint density at radius 1 is 1.06 bits per heavy atom. The van der Waals surface area contributed by atoms with Crippen LogP contribution in [0.2, 0.25) is 5.02 Å². The summed E-state index contributed by atoms with van der Waals surface area (Å²) < 4.78 is 27.1. The second-order valence-corrected chi connectivity index (χ2v) is 9.18. The van der Waals surface area contributed by atoms with Crippen molar-refractivity contribution < 1.29 is 18.5 Å². The second-order valence-electron chi connectivity index (χ2n) is 8.77. The van der Waals surface area contributed by atoms with Gasteiger partial charge in [-0.1, -0.05) is 35.9 Å². The number of rotatable bonds is 4. The van der Waals surface area contributed by atoms with Crippen molar-refractivity contribution in [2.24, 2.45) is 11.0 Å². The first-order valence-electron chi connectivity index (χ1n) is 11.4. The minimum absolute atomic E-state index is 0.0370. The number of non-ortho nitro benzene ring substituents is 1. The van der Waals surface area contributed by atoms with Gasteiger partial charge in [0.2, 0.25) is 0 Å². The molecule has 0 radical (unpaired) electrons. The Bertz CT molecular complexity index is 1400. The molecule has 0 aromatic heterocycles. The number of carbonyl (C=O) groups excluding carboxylic acids is 1. The SMILES string of the molecule is O=C(c1cc([N+](=O)[O-])ccc1Cl)N1N=C2/C(=C/c3ccc(F)cc3)CCC[C@@H]2[C@@H]1c1ccc(F)cc1. The Labute approximate surface area is 210 Å². The molecule has 0 N–H and O–H groups in total. The van der Waals surface area contributed by atoms with Crippen LogP contribution >= 0.6 is 11.6 Å². The van der Waals surface area contributed by atoms with E-state index in [0.717, 1.165) is 42.2 Å². The number of nitrogens with zero attached hydrogens (tertiary/aromatic N) is 3. The summed E-state index contributed by atoms with van der Waals surface area (Å²) in [5.74, 6) is -1.49. The first-order chi connectivity index (χ1) is 17.3. The molecule has 1 fully saturated rings. The van der Waals surface area contributed by atoms with E-state index in [4.69, 9.17) is 16.7 Å². The van der Waals surface area contributed by atoms with Crippen molar-refractivity contribution in [3.63, 3.8) is 0 Å². The van der Waals surface area contributed by atoms with Gasteiger partial charge in [0, 0.05) is 18.1 Å². The summed E-state index contributed by atoms with van der Waals surface area (Å²) in [4.78, 5) is 24.4. The molecule has 3 aromatic carbocycles. The number of halogens is 3. The molecule has 2 aliphatic rings. The van der Waals surface area contributed by atoms with E-state index < -0.39 is 22.7 Å². The maximum Gasteiger partial charge on any atom is 0.276 e. The van der Waals surface area contributed by atoms with Crippen LogP contribution in [0.4, 0.5) is 14.5 Å². The summed E-state index contributed by atoms with van der Waals surface area (Å²) in [5, 5.41) is 17.4. The highest BCUT2D eigenvalue weighted by Crippen LogP contribution is 2.45. The fourth-order valence-corrected chi connectivity index (χ4v) is 5.03. The number of hydrogen-bond acceptors (Lipinski definition) is 4. The molecule has 5 rings (SSSR count). The van der Waals surface area contributed by atoms with Gasteiger partial charge in [0.15, 0.2) is 0 Å². The minimum atomic E-state index is -0.594. The predicted octanol–water partition coefficient (Wildman–Crippen LogP) is 6.96. The highest BCUT2D eigenvalue weighted by atomic mass is 35.5. The second kappa shape index (κ2) is 9.62. The highest BCUT2D eigenvalue weighted by molar-refractivity contribution is 6.34. The summed E-state index contributed by atoms with van der Waals surface area (Å²) in [5.41, 5.74) is 2.84. The van der Waals surface area contributed by atoms with Crippen molar-refractivity contribution in [2.45, 2.75) is 25.3 Å². The van der Waals surface area contributed by atoms with E-state index in [1.54, 1.807) is 24.3 Å². The number of allylic oxidation sites excluding steroid dienone is 1. The maximum atomic E-state index is 13.7. The molecule has 0 unspecified atom stereocenters. The van der Waals surface area contributed by atoms with Gasteiger partial charge >= 0.3 is 0 Å². The van der Waals surface area contributed by atoms with E-state index >= 15 is 0 Å². The molecule has 1 aliphatic heterocycles. The molecule has 1 saturated carbocycles. The zero-order valence-corrected chi connectivity index (χ0v) is 19.7. The molecule has 1 amide bonds. The zero-order chi connectivity index (χ0) is 25.4. The quantitative estimate of drug-likeness (QED) is 0.283. The number of hydrogen-bond donors (Lipinski definition) is 0. The average molecular weight is 508 g/mol. The van der Waals surface area contributed by atoms with Crippen LogP contribution in [-0.4, -0.2) is 21.6 Å². The lowest BCUT2D eigenvalue weighted by molar-refractivity contribution is -0.384. The van der Waals surface area contributed by atoms with E-state index in [0.29, 0.717) is 5.56 Å². The van der Waals surface area contributed by atoms with Crippen molar-refractivity contribution in [1.82, 2.24) is 5.01 Å². The molecule has 3 aromatic rings. The van der Waals surface area contributed by atoms with Gasteiger partial charge in [-0.25, -0.2) is 13.8 Å². The molecule has 6 nitrogen and oxygen atoms in total. The molecular formula is C27H20ClF2N3O3. The van der Waals surface area contributed by atoms with Gasteiger partial charge in [0.25, 0.3) is 11.6 Å². The lowest BCUT2D eigenvalue weighted by atomic mass is 9.77. The zero-order valence-electron chi connectivity index (χ0n) is 18.9. The predicted molar refractivity (Wildman–Crippen MR) is 133 cm³/mol. The van der Waals surface area contributed by atoms with Crippen LogP contribution in [0.25, 0.3) is 6.08 Å². The van der Waals surface area contributed by atoms with Gasteiger partial charge in [-0.2, -0.15) is 5.10 Å². The van der Waals surface area contributed by atoms with Gasteiger partial charge in [-0.05, 0) is 72.4 Å². The van der Waals surface area contributed by atoms with E-state index in [2.05, 4.69) is 0 Å². The third-order valence-electron chi connectivity index (χ3n) is 6.52. The Morgan fingerprint density at radius 3 is 2.39 bits per heavy atom. The number of hydrazone groups is 1. The molecule has 36 heavy (non-hydrogen) atoms. The molecule has 182 valence electrons. The van der Waals surface area contributed by atoms with Crippen LogP contribution in [0.3, 0.4) is 0 Å². The Hall–Kier alpha value is -3.91. The van der Waals surface area contributed by atoms with E-state index in [-0.39, 0.29) is 28.0 Å². The van der Waals surface area contributed by atoms with Crippen LogP contribution in [-0.2, 0) is 0 Å². The van der Waals surface area contributed by atoms with Crippen LogP contribution in [0.15, 0.2) is 77.4 Å². The summed E-state index contributed by atoms with van der Waals surface area (Å²) in [7, 11) is 0. The van der Waals surface area contributed by atoms with Crippen molar-refractivity contribution in [1.29, 1.82) is 0 Å². The molecule has 1 heterocycles. The number of amides is 1. The fourth-order valence-electron chi connectivity index (χ4n) is 4.84. The standard InChI is InChI=1S/C27H20ClF2N3O3/c28-24-13-12-21(33(35)36)15-23(24)27(34)32-26(17-6-10-20(30)11-7-17)22-3-1-2-18(25(22)31-32)14-16-4-8-19(29)9-5-16/h4-15,22,26H,1-3H2/b18-14+/t22-,26-/m0/s1. The van der Waals surface area contributed by atoms with Crippen LogP contribution < -0.4 is 0 Å². The fraction of sp³-hybridized carbons (Fsp3) is 0.185. The number of fused-ring (bicyclic) bond motifs is 1. The molecule has 0 spiro atoms. The molecule has 2 atom stereocenters. The molecule has 9 heteroatoms. The molecule has 0 bridgehead atoms. The third kappa shape index (κ3) is 4.52. The van der Waals surface area contributed by atoms with Gasteiger partial charge in [-0.3, -0.25) is 14.9 Å². The first-order valence-corrected chi connectivity index (χ1v) is 11.8. The average Bonchev–Trinajstić information content (AvgIpc) is 3.26. The Kier molecular flexibility index (Phi) is 6.36. The van der Waals surface area contributed by atoms with Gasteiger partial charge in [0.1, 0.15) is 11.6 Å². The summed E-state index contributed by atoms with van der Waals surface area (Å²) in [6.45, 7) is 0. The number of nitro benzene ring substituents is 1. The van der Waals surface area contributed by atoms with Gasteiger partial charge in [0.05, 0.1) is 27.3 Å². The van der Waals surface area contributed by atoms with Gasteiger partial charge < -0.3 is 0 Å².